The van der Waals surface area contributed by atoms with Crippen LogP contribution in [0.2, 0.25) is 0 Å². The summed E-state index contributed by atoms with van der Waals surface area (Å²) in [7, 11) is 0. The standard InChI is InChI=1S/C15H21N3O3/c16-15(20)11-3-1-5-13(9-11)21-8-6-14(19)18-10-12-4-2-7-17-12/h1,3,5,9,12,17H,2,4,6-8,10H2,(H2,16,20)(H,18,19). The number of amides is 2. The van der Waals surface area contributed by atoms with E-state index >= 15 is 0 Å². The lowest BCUT2D eigenvalue weighted by atomic mass is 10.2. The van der Waals surface area contributed by atoms with Crippen molar-refractivity contribution in [3.63, 3.8) is 0 Å². The fourth-order valence-corrected chi connectivity index (χ4v) is 2.26. The number of ether oxygens (including phenoxy) is 1. The zero-order valence-corrected chi connectivity index (χ0v) is 11.9. The molecular weight excluding hydrogens is 270 g/mol. The fourth-order valence-electron chi connectivity index (χ4n) is 2.26. The lowest BCUT2D eigenvalue weighted by Gasteiger charge is -2.12. The summed E-state index contributed by atoms with van der Waals surface area (Å²) in [5.74, 6) is 0.00794. The highest BCUT2D eigenvalue weighted by atomic mass is 16.5. The molecule has 1 aromatic rings. The zero-order chi connectivity index (χ0) is 15.1. The molecule has 2 rings (SSSR count). The van der Waals surface area contributed by atoms with Crippen molar-refractivity contribution in [3.05, 3.63) is 29.8 Å². The molecule has 0 aliphatic carbocycles. The van der Waals surface area contributed by atoms with E-state index in [4.69, 9.17) is 10.5 Å². The topological polar surface area (TPSA) is 93.5 Å². The summed E-state index contributed by atoms with van der Waals surface area (Å²) in [6.45, 7) is 1.96. The first-order valence-corrected chi connectivity index (χ1v) is 7.18. The lowest BCUT2D eigenvalue weighted by Crippen LogP contribution is -2.37. The summed E-state index contributed by atoms with van der Waals surface area (Å²) >= 11 is 0. The van der Waals surface area contributed by atoms with Gasteiger partial charge in [-0.25, -0.2) is 0 Å². The second kappa shape index (κ2) is 7.64. The second-order valence-electron chi connectivity index (χ2n) is 5.09. The van der Waals surface area contributed by atoms with E-state index in [1.165, 1.54) is 6.42 Å². The fraction of sp³-hybridized carbons (Fsp3) is 0.467. The minimum atomic E-state index is -0.498. The third-order valence-electron chi connectivity index (χ3n) is 3.42. The molecule has 21 heavy (non-hydrogen) atoms. The van der Waals surface area contributed by atoms with Crippen LogP contribution in [-0.4, -0.2) is 37.6 Å². The van der Waals surface area contributed by atoms with E-state index in [0.29, 0.717) is 23.9 Å². The molecule has 6 nitrogen and oxygen atoms in total. The molecular formula is C15H21N3O3. The van der Waals surface area contributed by atoms with Crippen LogP contribution in [0.15, 0.2) is 24.3 Å². The van der Waals surface area contributed by atoms with Gasteiger partial charge in [-0.3, -0.25) is 9.59 Å². The molecule has 1 aliphatic heterocycles. The van der Waals surface area contributed by atoms with E-state index in [1.807, 2.05) is 0 Å². The quantitative estimate of drug-likeness (QED) is 0.679. The van der Waals surface area contributed by atoms with E-state index in [1.54, 1.807) is 24.3 Å². The van der Waals surface area contributed by atoms with E-state index in [-0.39, 0.29) is 18.9 Å². The maximum Gasteiger partial charge on any atom is 0.248 e. The lowest BCUT2D eigenvalue weighted by molar-refractivity contribution is -0.121. The van der Waals surface area contributed by atoms with Gasteiger partial charge < -0.3 is 21.1 Å². The number of carbonyl (C=O) groups excluding carboxylic acids is 2. The van der Waals surface area contributed by atoms with Gasteiger partial charge in [-0.2, -0.15) is 0 Å². The van der Waals surface area contributed by atoms with Crippen LogP contribution in [0.5, 0.6) is 5.75 Å². The van der Waals surface area contributed by atoms with Gasteiger partial charge in [0.2, 0.25) is 11.8 Å². The molecule has 0 bridgehead atoms. The minimum absolute atomic E-state index is 0.0326. The Balaban J connectivity index is 1.67. The summed E-state index contributed by atoms with van der Waals surface area (Å²) < 4.78 is 5.46. The SMILES string of the molecule is NC(=O)c1cccc(OCCC(=O)NCC2CCCN2)c1. The van der Waals surface area contributed by atoms with Crippen molar-refractivity contribution in [2.75, 3.05) is 19.7 Å². The Kier molecular flexibility index (Phi) is 5.57. The van der Waals surface area contributed by atoms with Crippen LogP contribution in [0.1, 0.15) is 29.6 Å². The van der Waals surface area contributed by atoms with Crippen molar-refractivity contribution in [1.82, 2.24) is 10.6 Å². The van der Waals surface area contributed by atoms with Gasteiger partial charge in [-0.15, -0.1) is 0 Å². The maximum absolute atomic E-state index is 11.7. The molecule has 1 unspecified atom stereocenters. The molecule has 1 atom stereocenters. The summed E-state index contributed by atoms with van der Waals surface area (Å²) in [4.78, 5) is 22.7. The Morgan fingerprint density at radius 3 is 3.00 bits per heavy atom. The summed E-state index contributed by atoms with van der Waals surface area (Å²) in [6, 6.07) is 7.01. The Labute approximate surface area is 124 Å². The van der Waals surface area contributed by atoms with Crippen LogP contribution in [0.25, 0.3) is 0 Å². The number of hydrogen-bond acceptors (Lipinski definition) is 4. The summed E-state index contributed by atoms with van der Waals surface area (Å²) in [6.07, 6.45) is 2.56. The third-order valence-corrected chi connectivity index (χ3v) is 3.42. The highest BCUT2D eigenvalue weighted by molar-refractivity contribution is 5.93. The highest BCUT2D eigenvalue weighted by Gasteiger charge is 2.14. The number of rotatable bonds is 7. The predicted molar refractivity (Wildman–Crippen MR) is 79.1 cm³/mol. The van der Waals surface area contributed by atoms with Crippen LogP contribution in [0.3, 0.4) is 0 Å². The van der Waals surface area contributed by atoms with Crippen molar-refractivity contribution >= 4 is 11.8 Å². The number of nitrogens with two attached hydrogens (primary N) is 1. The predicted octanol–water partition coefficient (Wildman–Crippen LogP) is 0.423. The van der Waals surface area contributed by atoms with Gasteiger partial charge in [0.15, 0.2) is 0 Å². The van der Waals surface area contributed by atoms with Crippen molar-refractivity contribution in [1.29, 1.82) is 0 Å². The molecule has 6 heteroatoms. The minimum Gasteiger partial charge on any atom is -0.493 e. The first-order valence-electron chi connectivity index (χ1n) is 7.18. The van der Waals surface area contributed by atoms with Gasteiger partial charge in [-0.05, 0) is 37.6 Å². The first-order chi connectivity index (χ1) is 10.1. The van der Waals surface area contributed by atoms with E-state index in [0.717, 1.165) is 13.0 Å². The molecule has 0 radical (unpaired) electrons. The van der Waals surface area contributed by atoms with Crippen LogP contribution in [0, 0.1) is 0 Å². The Morgan fingerprint density at radius 2 is 2.29 bits per heavy atom. The number of primary amides is 1. The van der Waals surface area contributed by atoms with E-state index < -0.39 is 5.91 Å². The monoisotopic (exact) mass is 291 g/mol. The van der Waals surface area contributed by atoms with Gasteiger partial charge >= 0.3 is 0 Å². The van der Waals surface area contributed by atoms with Gasteiger partial charge in [0.25, 0.3) is 0 Å². The molecule has 0 spiro atoms. The van der Waals surface area contributed by atoms with Crippen molar-refractivity contribution in [3.8, 4) is 5.75 Å². The maximum atomic E-state index is 11.7. The van der Waals surface area contributed by atoms with Crippen LogP contribution >= 0.6 is 0 Å². The smallest absolute Gasteiger partial charge is 0.248 e. The molecule has 114 valence electrons. The van der Waals surface area contributed by atoms with Gasteiger partial charge in [0, 0.05) is 18.2 Å². The van der Waals surface area contributed by atoms with Gasteiger partial charge in [0.05, 0.1) is 13.0 Å². The average Bonchev–Trinajstić information content (AvgIpc) is 2.99. The van der Waals surface area contributed by atoms with E-state index in [2.05, 4.69) is 10.6 Å². The first kappa shape index (κ1) is 15.3. The van der Waals surface area contributed by atoms with Gasteiger partial charge in [-0.1, -0.05) is 6.07 Å². The van der Waals surface area contributed by atoms with Crippen LogP contribution in [0.4, 0.5) is 0 Å². The number of nitrogens with one attached hydrogen (secondary N) is 2. The molecule has 1 heterocycles. The average molecular weight is 291 g/mol. The number of hydrogen-bond donors (Lipinski definition) is 3. The largest absolute Gasteiger partial charge is 0.493 e. The van der Waals surface area contributed by atoms with Crippen molar-refractivity contribution in [2.45, 2.75) is 25.3 Å². The molecule has 2 amide bonds. The molecule has 4 N–H and O–H groups in total. The molecule has 0 saturated carbocycles. The Hall–Kier alpha value is -2.08. The molecule has 0 aromatic heterocycles. The number of carbonyl (C=O) groups is 2. The third kappa shape index (κ3) is 5.07. The molecule has 1 fully saturated rings. The van der Waals surface area contributed by atoms with Crippen molar-refractivity contribution in [2.24, 2.45) is 5.73 Å². The summed E-state index contributed by atoms with van der Waals surface area (Å²) in [5, 5.41) is 6.21. The zero-order valence-electron chi connectivity index (χ0n) is 11.9. The van der Waals surface area contributed by atoms with Crippen LogP contribution in [-0.2, 0) is 4.79 Å². The van der Waals surface area contributed by atoms with Crippen molar-refractivity contribution < 1.29 is 14.3 Å². The normalized spacial score (nSPS) is 17.4. The molecule has 1 aliphatic rings. The summed E-state index contributed by atoms with van der Waals surface area (Å²) in [5.41, 5.74) is 5.59. The van der Waals surface area contributed by atoms with E-state index in [9.17, 15) is 9.59 Å². The second-order valence-corrected chi connectivity index (χ2v) is 5.09. The Morgan fingerprint density at radius 1 is 1.43 bits per heavy atom. The Bertz CT molecular complexity index is 499. The molecule has 1 saturated heterocycles. The molecule has 1 aromatic carbocycles. The van der Waals surface area contributed by atoms with Gasteiger partial charge in [0.1, 0.15) is 5.75 Å². The number of benzene rings is 1. The highest BCUT2D eigenvalue weighted by Crippen LogP contribution is 2.13. The van der Waals surface area contributed by atoms with Crippen LogP contribution < -0.4 is 21.1 Å².